The number of amides is 2. The number of hydrogen-bond donors (Lipinski definition) is 2. The molecule has 6 nitrogen and oxygen atoms in total. The molecule has 0 aliphatic rings. The largest absolute Gasteiger partial charge is 0.497 e. The van der Waals surface area contributed by atoms with Crippen LogP contribution in [0.15, 0.2) is 71.7 Å². The molecule has 0 saturated carbocycles. The van der Waals surface area contributed by atoms with Crippen molar-refractivity contribution in [1.29, 1.82) is 0 Å². The number of methoxy groups -OCH3 is 1. The number of carbonyl (C=O) groups excluding carboxylic acids is 1. The summed E-state index contributed by atoms with van der Waals surface area (Å²) in [5.74, 6) is 0.730. The minimum absolute atomic E-state index is 0.219. The maximum atomic E-state index is 12.7. The van der Waals surface area contributed by atoms with Crippen LogP contribution in [0.25, 0.3) is 0 Å². The van der Waals surface area contributed by atoms with Gasteiger partial charge in [-0.25, -0.2) is 4.79 Å². The van der Waals surface area contributed by atoms with E-state index in [9.17, 15) is 9.59 Å². The average molecular weight is 377 g/mol. The van der Waals surface area contributed by atoms with Gasteiger partial charge in [0.2, 0.25) is 0 Å². The summed E-state index contributed by atoms with van der Waals surface area (Å²) in [5, 5.41) is 5.46. The second-order valence-electron chi connectivity index (χ2n) is 6.30. The van der Waals surface area contributed by atoms with E-state index in [2.05, 4.69) is 10.6 Å². The Morgan fingerprint density at radius 1 is 1.00 bits per heavy atom. The van der Waals surface area contributed by atoms with Crippen LogP contribution in [0.4, 0.5) is 16.2 Å². The summed E-state index contributed by atoms with van der Waals surface area (Å²) in [5.41, 5.74) is 2.64. The molecule has 0 aliphatic carbocycles. The van der Waals surface area contributed by atoms with Crippen LogP contribution in [0.5, 0.6) is 5.75 Å². The molecule has 0 spiro atoms. The van der Waals surface area contributed by atoms with Gasteiger partial charge in [-0.05, 0) is 47.9 Å². The van der Waals surface area contributed by atoms with Crippen molar-refractivity contribution in [2.45, 2.75) is 19.9 Å². The summed E-state index contributed by atoms with van der Waals surface area (Å²) in [6.07, 6.45) is 2.49. The van der Waals surface area contributed by atoms with Crippen molar-refractivity contribution < 1.29 is 9.53 Å². The van der Waals surface area contributed by atoms with Gasteiger partial charge in [0.25, 0.3) is 5.56 Å². The van der Waals surface area contributed by atoms with E-state index >= 15 is 0 Å². The minimum atomic E-state index is -0.447. The van der Waals surface area contributed by atoms with E-state index < -0.39 is 6.03 Å². The number of hydrogen-bond acceptors (Lipinski definition) is 3. The van der Waals surface area contributed by atoms with E-state index in [1.165, 1.54) is 0 Å². The summed E-state index contributed by atoms with van der Waals surface area (Å²) in [7, 11) is 1.60. The number of urea groups is 1. The van der Waals surface area contributed by atoms with Gasteiger partial charge < -0.3 is 19.9 Å². The van der Waals surface area contributed by atoms with Crippen molar-refractivity contribution in [3.05, 3.63) is 88.3 Å². The average Bonchev–Trinajstić information content (AvgIpc) is 2.71. The van der Waals surface area contributed by atoms with Crippen molar-refractivity contribution >= 4 is 17.4 Å². The number of aromatic nitrogens is 1. The van der Waals surface area contributed by atoms with E-state index in [0.717, 1.165) is 29.0 Å². The molecule has 1 heterocycles. The lowest BCUT2D eigenvalue weighted by Gasteiger charge is -2.12. The Morgan fingerprint density at radius 2 is 1.75 bits per heavy atom. The first-order chi connectivity index (χ1) is 13.6. The highest BCUT2D eigenvalue weighted by Gasteiger charge is 2.10. The van der Waals surface area contributed by atoms with Gasteiger partial charge in [-0.2, -0.15) is 0 Å². The molecule has 3 rings (SSSR count). The molecule has 0 fully saturated rings. The fourth-order valence-corrected chi connectivity index (χ4v) is 2.95. The van der Waals surface area contributed by atoms with Crippen LogP contribution >= 0.6 is 0 Å². The van der Waals surface area contributed by atoms with E-state index in [0.29, 0.717) is 6.54 Å². The highest BCUT2D eigenvalue weighted by atomic mass is 16.5. The molecule has 2 N–H and O–H groups in total. The number of aryl methyl sites for hydroxylation is 1. The predicted octanol–water partition coefficient (Wildman–Crippen LogP) is 4.11. The van der Waals surface area contributed by atoms with Gasteiger partial charge >= 0.3 is 6.03 Å². The fraction of sp³-hybridized carbons (Fsp3) is 0.182. The normalized spacial score (nSPS) is 10.4. The smallest absolute Gasteiger partial charge is 0.323 e. The molecule has 2 aromatic carbocycles. The van der Waals surface area contributed by atoms with Crippen molar-refractivity contribution in [2.75, 3.05) is 17.7 Å². The summed E-state index contributed by atoms with van der Waals surface area (Å²) in [6.45, 7) is 2.40. The van der Waals surface area contributed by atoms with Crippen molar-refractivity contribution in [2.24, 2.45) is 0 Å². The lowest BCUT2D eigenvalue weighted by Crippen LogP contribution is -2.28. The van der Waals surface area contributed by atoms with Crippen LogP contribution in [0.1, 0.15) is 18.1 Å². The van der Waals surface area contributed by atoms with Crippen LogP contribution < -0.4 is 20.9 Å². The second kappa shape index (κ2) is 8.90. The Bertz CT molecular complexity index is 1030. The molecule has 3 aromatic rings. The van der Waals surface area contributed by atoms with Gasteiger partial charge in [0.15, 0.2) is 0 Å². The molecule has 2 amide bonds. The Balaban J connectivity index is 1.75. The number of nitrogens with zero attached hydrogens (tertiary/aromatic N) is 1. The molecule has 144 valence electrons. The van der Waals surface area contributed by atoms with Crippen LogP contribution in [-0.4, -0.2) is 17.7 Å². The molecular formula is C22H23N3O3. The summed E-state index contributed by atoms with van der Waals surface area (Å²) < 4.78 is 6.77. The molecule has 28 heavy (non-hydrogen) atoms. The molecular weight excluding hydrogens is 354 g/mol. The number of pyridine rings is 1. The maximum absolute atomic E-state index is 12.7. The van der Waals surface area contributed by atoms with Crippen LogP contribution in [0, 0.1) is 0 Å². The summed E-state index contributed by atoms with van der Waals surface area (Å²) in [6, 6.07) is 18.0. The van der Waals surface area contributed by atoms with Crippen molar-refractivity contribution in [3.63, 3.8) is 0 Å². The summed E-state index contributed by atoms with van der Waals surface area (Å²) >= 11 is 0. The number of rotatable bonds is 6. The highest BCUT2D eigenvalue weighted by Crippen LogP contribution is 2.16. The molecule has 0 unspecified atom stereocenters. The molecule has 0 atom stereocenters. The zero-order chi connectivity index (χ0) is 19.9. The number of anilines is 2. The zero-order valence-electron chi connectivity index (χ0n) is 15.9. The molecule has 0 radical (unpaired) electrons. The van der Waals surface area contributed by atoms with Gasteiger partial charge in [-0.1, -0.05) is 37.3 Å². The fourth-order valence-electron chi connectivity index (χ4n) is 2.95. The van der Waals surface area contributed by atoms with Crippen LogP contribution in [-0.2, 0) is 13.0 Å². The van der Waals surface area contributed by atoms with E-state index in [-0.39, 0.29) is 11.2 Å². The third kappa shape index (κ3) is 4.59. The number of nitrogens with one attached hydrogen (secondary N) is 2. The SMILES string of the molecule is CCc1ccccc1NC(=O)Nc1cccn(Cc2cccc(OC)c2)c1=O. The predicted molar refractivity (Wildman–Crippen MR) is 111 cm³/mol. The first kappa shape index (κ1) is 19.2. The van der Waals surface area contributed by atoms with Crippen LogP contribution in [0.3, 0.4) is 0 Å². The monoisotopic (exact) mass is 377 g/mol. The lowest BCUT2D eigenvalue weighted by molar-refractivity contribution is 0.262. The number of para-hydroxylation sites is 1. The first-order valence-electron chi connectivity index (χ1n) is 9.09. The van der Waals surface area contributed by atoms with Gasteiger partial charge in [0.1, 0.15) is 11.4 Å². The highest BCUT2D eigenvalue weighted by molar-refractivity contribution is 6.00. The number of carbonyl (C=O) groups is 1. The summed E-state index contributed by atoms with van der Waals surface area (Å²) in [4.78, 5) is 25.1. The van der Waals surface area contributed by atoms with Crippen molar-refractivity contribution in [3.8, 4) is 5.75 Å². The molecule has 6 heteroatoms. The molecule has 1 aromatic heterocycles. The molecule has 0 saturated heterocycles. The minimum Gasteiger partial charge on any atom is -0.497 e. The lowest BCUT2D eigenvalue weighted by atomic mass is 10.1. The van der Waals surface area contributed by atoms with E-state index in [1.54, 1.807) is 30.0 Å². The van der Waals surface area contributed by atoms with Gasteiger partial charge in [-0.3, -0.25) is 4.79 Å². The zero-order valence-corrected chi connectivity index (χ0v) is 15.9. The van der Waals surface area contributed by atoms with Gasteiger partial charge in [0, 0.05) is 11.9 Å². The van der Waals surface area contributed by atoms with E-state index in [1.807, 2.05) is 55.5 Å². The number of ether oxygens (including phenoxy) is 1. The third-order valence-corrected chi connectivity index (χ3v) is 4.40. The maximum Gasteiger partial charge on any atom is 0.323 e. The topological polar surface area (TPSA) is 72.4 Å². The van der Waals surface area contributed by atoms with Crippen LogP contribution in [0.2, 0.25) is 0 Å². The van der Waals surface area contributed by atoms with Gasteiger partial charge in [-0.15, -0.1) is 0 Å². The standard InChI is InChI=1S/C22H23N3O3/c1-3-17-9-4-5-11-19(17)23-22(27)24-20-12-7-13-25(21(20)26)15-16-8-6-10-18(14-16)28-2/h4-14H,3,15H2,1-2H3,(H2,23,24,27). The molecule has 0 bridgehead atoms. The molecule has 0 aliphatic heterocycles. The Morgan fingerprint density at radius 3 is 2.54 bits per heavy atom. The quantitative estimate of drug-likeness (QED) is 0.679. The van der Waals surface area contributed by atoms with E-state index in [4.69, 9.17) is 4.74 Å². The Kier molecular flexibility index (Phi) is 6.11. The van der Waals surface area contributed by atoms with Crippen molar-refractivity contribution in [1.82, 2.24) is 4.57 Å². The number of benzene rings is 2. The third-order valence-electron chi connectivity index (χ3n) is 4.40. The Hall–Kier alpha value is -3.54. The second-order valence-corrected chi connectivity index (χ2v) is 6.30. The van der Waals surface area contributed by atoms with Gasteiger partial charge in [0.05, 0.1) is 13.7 Å². The first-order valence-corrected chi connectivity index (χ1v) is 9.09. The Labute approximate surface area is 163 Å².